The summed E-state index contributed by atoms with van der Waals surface area (Å²) in [5.41, 5.74) is 4.33. The highest BCUT2D eigenvalue weighted by Gasteiger charge is 2.22. The molecule has 0 aliphatic carbocycles. The van der Waals surface area contributed by atoms with Crippen LogP contribution in [-0.2, 0) is 24.2 Å². The lowest BCUT2D eigenvalue weighted by molar-refractivity contribution is 0.0904. The molecule has 9 heteroatoms. The van der Waals surface area contributed by atoms with Crippen LogP contribution < -0.4 is 10.6 Å². The molecule has 0 bridgehead atoms. The number of nitrogens with zero attached hydrogens (tertiary/aromatic N) is 5. The summed E-state index contributed by atoms with van der Waals surface area (Å²) in [5, 5.41) is 19.7. The lowest BCUT2D eigenvalue weighted by Crippen LogP contribution is -2.30. The molecule has 4 heterocycles. The second-order valence-electron chi connectivity index (χ2n) is 7.31. The maximum Gasteiger partial charge on any atom is 0.253 e. The van der Waals surface area contributed by atoms with E-state index < -0.39 is 0 Å². The van der Waals surface area contributed by atoms with Crippen molar-refractivity contribution in [3.63, 3.8) is 0 Å². The standard InChI is InChI=1S/C21H27N7O2/c1-3-18-16(12-22-21(29)14-5-8-23-24-11-14)19(26-15-6-9-30-10-7-15)17-13-25-28(4-2)20(17)27-18/h5,8,11,13,15H,3-4,6-7,9-10,12H2,1-2H3,(H,22,29)(H,26,27). The summed E-state index contributed by atoms with van der Waals surface area (Å²) in [6.45, 7) is 6.76. The first-order valence-electron chi connectivity index (χ1n) is 10.5. The number of hydrogen-bond donors (Lipinski definition) is 2. The van der Waals surface area contributed by atoms with Gasteiger partial charge in [-0.25, -0.2) is 9.67 Å². The van der Waals surface area contributed by atoms with Gasteiger partial charge in [0.2, 0.25) is 0 Å². The predicted octanol–water partition coefficient (Wildman–Crippen LogP) is 2.32. The largest absolute Gasteiger partial charge is 0.381 e. The molecule has 1 aliphatic heterocycles. The van der Waals surface area contributed by atoms with E-state index in [9.17, 15) is 4.79 Å². The molecule has 158 valence electrons. The highest BCUT2D eigenvalue weighted by Crippen LogP contribution is 2.31. The van der Waals surface area contributed by atoms with Crippen molar-refractivity contribution in [3.8, 4) is 0 Å². The predicted molar refractivity (Wildman–Crippen MR) is 113 cm³/mol. The first-order chi connectivity index (χ1) is 14.7. The van der Waals surface area contributed by atoms with Gasteiger partial charge >= 0.3 is 0 Å². The molecule has 1 amide bonds. The van der Waals surface area contributed by atoms with Crippen molar-refractivity contribution in [2.75, 3.05) is 18.5 Å². The van der Waals surface area contributed by atoms with Gasteiger partial charge in [0.15, 0.2) is 5.65 Å². The summed E-state index contributed by atoms with van der Waals surface area (Å²) in [6, 6.07) is 1.97. The molecule has 0 radical (unpaired) electrons. The van der Waals surface area contributed by atoms with Gasteiger partial charge in [-0.05, 0) is 32.3 Å². The Bertz CT molecular complexity index is 1010. The van der Waals surface area contributed by atoms with Crippen LogP contribution in [0.2, 0.25) is 0 Å². The molecule has 2 N–H and O–H groups in total. The normalized spacial score (nSPS) is 14.7. The third kappa shape index (κ3) is 4.11. The van der Waals surface area contributed by atoms with Crippen LogP contribution in [0.5, 0.6) is 0 Å². The van der Waals surface area contributed by atoms with E-state index in [1.165, 1.54) is 12.4 Å². The Morgan fingerprint density at radius 1 is 1.23 bits per heavy atom. The zero-order chi connectivity index (χ0) is 20.9. The molecule has 4 rings (SSSR count). The lowest BCUT2D eigenvalue weighted by Gasteiger charge is -2.26. The van der Waals surface area contributed by atoms with Crippen molar-refractivity contribution in [1.82, 2.24) is 30.3 Å². The van der Waals surface area contributed by atoms with Crippen molar-refractivity contribution in [3.05, 3.63) is 41.5 Å². The maximum absolute atomic E-state index is 12.6. The number of aryl methyl sites for hydroxylation is 2. The molecule has 9 nitrogen and oxygen atoms in total. The lowest BCUT2D eigenvalue weighted by atomic mass is 10.0. The van der Waals surface area contributed by atoms with Crippen molar-refractivity contribution in [2.45, 2.75) is 52.2 Å². The van der Waals surface area contributed by atoms with Gasteiger partial charge in [-0.3, -0.25) is 4.79 Å². The second kappa shape index (κ2) is 9.17. The average Bonchev–Trinajstić information content (AvgIpc) is 3.22. The van der Waals surface area contributed by atoms with E-state index in [0.29, 0.717) is 18.2 Å². The summed E-state index contributed by atoms with van der Waals surface area (Å²) in [7, 11) is 0. The average molecular weight is 409 g/mol. The molecule has 0 saturated carbocycles. The first kappa shape index (κ1) is 20.2. The Morgan fingerprint density at radius 3 is 2.77 bits per heavy atom. The number of carbonyl (C=O) groups is 1. The topological polar surface area (TPSA) is 107 Å². The number of pyridine rings is 1. The molecule has 0 atom stereocenters. The molecule has 0 spiro atoms. The number of rotatable bonds is 7. The summed E-state index contributed by atoms with van der Waals surface area (Å²) in [5.74, 6) is -0.187. The number of ether oxygens (including phenoxy) is 1. The molecule has 3 aromatic rings. The van der Waals surface area contributed by atoms with E-state index >= 15 is 0 Å². The number of carbonyl (C=O) groups excluding carboxylic acids is 1. The Kier molecular flexibility index (Phi) is 6.18. The summed E-state index contributed by atoms with van der Waals surface area (Å²) >= 11 is 0. The smallest absolute Gasteiger partial charge is 0.253 e. The van der Waals surface area contributed by atoms with Crippen LogP contribution in [0.25, 0.3) is 11.0 Å². The van der Waals surface area contributed by atoms with Gasteiger partial charge in [0.1, 0.15) is 0 Å². The Labute approximate surface area is 175 Å². The minimum Gasteiger partial charge on any atom is -0.381 e. The van der Waals surface area contributed by atoms with Gasteiger partial charge in [-0.15, -0.1) is 0 Å². The third-order valence-corrected chi connectivity index (χ3v) is 5.45. The SMILES string of the molecule is CCc1nc2c(cnn2CC)c(NC2CCOCC2)c1CNC(=O)c1ccnnc1. The quantitative estimate of drug-likeness (QED) is 0.617. The zero-order valence-corrected chi connectivity index (χ0v) is 17.4. The Morgan fingerprint density at radius 2 is 2.07 bits per heavy atom. The summed E-state index contributed by atoms with van der Waals surface area (Å²) in [4.78, 5) is 17.5. The van der Waals surface area contributed by atoms with Crippen LogP contribution in [-0.4, -0.2) is 50.1 Å². The molecule has 3 aromatic heterocycles. The fraction of sp³-hybridized carbons (Fsp3) is 0.476. The number of anilines is 1. The Balaban J connectivity index is 1.70. The van der Waals surface area contributed by atoms with E-state index in [1.807, 2.05) is 10.9 Å². The van der Waals surface area contributed by atoms with E-state index in [0.717, 1.165) is 67.0 Å². The number of hydrogen-bond acceptors (Lipinski definition) is 7. The minimum absolute atomic E-state index is 0.187. The molecular formula is C21H27N7O2. The summed E-state index contributed by atoms with van der Waals surface area (Å²) in [6.07, 6.45) is 7.49. The van der Waals surface area contributed by atoms with Crippen molar-refractivity contribution < 1.29 is 9.53 Å². The van der Waals surface area contributed by atoms with E-state index in [1.54, 1.807) is 6.07 Å². The molecule has 1 aliphatic rings. The van der Waals surface area contributed by atoms with Crippen molar-refractivity contribution >= 4 is 22.6 Å². The van der Waals surface area contributed by atoms with Gasteiger partial charge in [-0.1, -0.05) is 6.92 Å². The highest BCUT2D eigenvalue weighted by atomic mass is 16.5. The number of amides is 1. The number of nitrogens with one attached hydrogen (secondary N) is 2. The van der Waals surface area contributed by atoms with Crippen LogP contribution in [0.1, 0.15) is 48.3 Å². The number of aromatic nitrogens is 5. The highest BCUT2D eigenvalue weighted by molar-refractivity contribution is 5.95. The molecule has 1 fully saturated rings. The molecule has 0 aromatic carbocycles. The van der Waals surface area contributed by atoms with E-state index in [4.69, 9.17) is 9.72 Å². The van der Waals surface area contributed by atoms with Crippen LogP contribution in [0.15, 0.2) is 24.7 Å². The number of fused-ring (bicyclic) bond motifs is 1. The summed E-state index contributed by atoms with van der Waals surface area (Å²) < 4.78 is 7.42. The molecule has 0 unspecified atom stereocenters. The first-order valence-corrected chi connectivity index (χ1v) is 10.5. The van der Waals surface area contributed by atoms with E-state index in [-0.39, 0.29) is 5.91 Å². The van der Waals surface area contributed by atoms with Gasteiger partial charge in [0.05, 0.1) is 35.2 Å². The monoisotopic (exact) mass is 409 g/mol. The third-order valence-electron chi connectivity index (χ3n) is 5.45. The fourth-order valence-corrected chi connectivity index (χ4v) is 3.80. The van der Waals surface area contributed by atoms with Crippen LogP contribution in [0.3, 0.4) is 0 Å². The van der Waals surface area contributed by atoms with Crippen LogP contribution in [0, 0.1) is 0 Å². The Hall–Kier alpha value is -3.07. The minimum atomic E-state index is -0.187. The van der Waals surface area contributed by atoms with Crippen molar-refractivity contribution in [2.24, 2.45) is 0 Å². The van der Waals surface area contributed by atoms with Gasteiger partial charge in [-0.2, -0.15) is 15.3 Å². The van der Waals surface area contributed by atoms with Crippen molar-refractivity contribution in [1.29, 1.82) is 0 Å². The fourth-order valence-electron chi connectivity index (χ4n) is 3.80. The van der Waals surface area contributed by atoms with Crippen LogP contribution in [0.4, 0.5) is 5.69 Å². The molecule has 1 saturated heterocycles. The van der Waals surface area contributed by atoms with E-state index in [2.05, 4.69) is 39.8 Å². The molecule has 30 heavy (non-hydrogen) atoms. The molecular weight excluding hydrogens is 382 g/mol. The zero-order valence-electron chi connectivity index (χ0n) is 17.4. The van der Waals surface area contributed by atoms with Gasteiger partial charge < -0.3 is 15.4 Å². The van der Waals surface area contributed by atoms with Crippen LogP contribution >= 0.6 is 0 Å². The van der Waals surface area contributed by atoms with Gasteiger partial charge in [0.25, 0.3) is 5.91 Å². The maximum atomic E-state index is 12.6. The second-order valence-corrected chi connectivity index (χ2v) is 7.31. The van der Waals surface area contributed by atoms with Gasteiger partial charge in [0, 0.05) is 43.6 Å².